The van der Waals surface area contributed by atoms with Crippen LogP contribution in [0.3, 0.4) is 0 Å². The number of carboxylic acids is 1. The van der Waals surface area contributed by atoms with Gasteiger partial charge >= 0.3 is 5.97 Å². The van der Waals surface area contributed by atoms with Crippen molar-refractivity contribution in [3.63, 3.8) is 0 Å². The van der Waals surface area contributed by atoms with Crippen molar-refractivity contribution in [2.75, 3.05) is 5.32 Å². The summed E-state index contributed by atoms with van der Waals surface area (Å²) < 4.78 is 0. The zero-order valence-electron chi connectivity index (χ0n) is 13.5. The van der Waals surface area contributed by atoms with E-state index in [4.69, 9.17) is 5.11 Å². The highest BCUT2D eigenvalue weighted by Crippen LogP contribution is 2.27. The minimum Gasteiger partial charge on any atom is -0.478 e. The number of carbonyl (C=O) groups excluding carboxylic acids is 1. The van der Waals surface area contributed by atoms with Crippen LogP contribution in [-0.2, 0) is 4.79 Å². The molecule has 0 radical (unpaired) electrons. The number of rotatable bonds is 4. The molecule has 0 atom stereocenters. The quantitative estimate of drug-likeness (QED) is 0.866. The number of amides is 1. The van der Waals surface area contributed by atoms with Gasteiger partial charge in [0, 0.05) is 11.6 Å². The summed E-state index contributed by atoms with van der Waals surface area (Å²) in [5, 5.41) is 12.0. The Morgan fingerprint density at radius 1 is 0.917 bits per heavy atom. The second-order valence-electron chi connectivity index (χ2n) is 6.29. The molecule has 24 heavy (non-hydrogen) atoms. The van der Waals surface area contributed by atoms with E-state index in [1.165, 1.54) is 6.42 Å². The Bertz CT molecular complexity index is 731. The highest BCUT2D eigenvalue weighted by molar-refractivity contribution is 5.93. The van der Waals surface area contributed by atoms with Gasteiger partial charge in [0.1, 0.15) is 0 Å². The second-order valence-corrected chi connectivity index (χ2v) is 6.29. The smallest absolute Gasteiger partial charge is 0.335 e. The minimum absolute atomic E-state index is 0.105. The Morgan fingerprint density at radius 2 is 1.62 bits per heavy atom. The average molecular weight is 323 g/mol. The molecule has 4 nitrogen and oxygen atoms in total. The fraction of sp³-hybridized carbons (Fsp3) is 0.300. The molecule has 0 unspecified atom stereocenters. The molecule has 0 aliphatic heterocycles. The molecular formula is C20H21NO3. The van der Waals surface area contributed by atoms with Crippen molar-refractivity contribution < 1.29 is 14.7 Å². The molecular weight excluding hydrogens is 302 g/mol. The number of benzene rings is 2. The van der Waals surface area contributed by atoms with Crippen LogP contribution in [0.2, 0.25) is 0 Å². The van der Waals surface area contributed by atoms with Crippen LogP contribution in [0.1, 0.15) is 42.5 Å². The first-order valence-electron chi connectivity index (χ1n) is 8.38. The van der Waals surface area contributed by atoms with Gasteiger partial charge in [0.15, 0.2) is 0 Å². The fourth-order valence-electron chi connectivity index (χ4n) is 3.19. The molecule has 0 aromatic heterocycles. The molecule has 2 N–H and O–H groups in total. The number of anilines is 1. The van der Waals surface area contributed by atoms with Crippen LogP contribution >= 0.6 is 0 Å². The van der Waals surface area contributed by atoms with E-state index in [0.29, 0.717) is 0 Å². The summed E-state index contributed by atoms with van der Waals surface area (Å²) in [5.74, 6) is -0.708. The number of nitrogens with one attached hydrogen (secondary N) is 1. The monoisotopic (exact) mass is 323 g/mol. The molecule has 124 valence electrons. The topological polar surface area (TPSA) is 66.4 Å². The molecule has 0 saturated heterocycles. The van der Waals surface area contributed by atoms with E-state index in [-0.39, 0.29) is 17.4 Å². The normalized spacial score (nSPS) is 15.0. The van der Waals surface area contributed by atoms with Crippen LogP contribution in [-0.4, -0.2) is 17.0 Å². The Hall–Kier alpha value is -2.62. The standard InChI is InChI=1S/C20H21NO3/c22-19(15-5-2-1-3-6-15)21-18-8-4-7-17(13-18)14-9-11-16(12-10-14)20(23)24/h4,7-13,15H,1-3,5-6H2,(H,21,22)(H,23,24). The Morgan fingerprint density at radius 3 is 2.29 bits per heavy atom. The van der Waals surface area contributed by atoms with E-state index < -0.39 is 5.97 Å². The molecule has 3 rings (SSSR count). The van der Waals surface area contributed by atoms with E-state index in [1.807, 2.05) is 24.3 Å². The van der Waals surface area contributed by atoms with Crippen molar-refractivity contribution in [1.82, 2.24) is 0 Å². The van der Waals surface area contributed by atoms with Gasteiger partial charge in [-0.2, -0.15) is 0 Å². The lowest BCUT2D eigenvalue weighted by Gasteiger charge is -2.20. The summed E-state index contributed by atoms with van der Waals surface area (Å²) >= 11 is 0. The van der Waals surface area contributed by atoms with Crippen LogP contribution in [0, 0.1) is 5.92 Å². The van der Waals surface area contributed by atoms with Gasteiger partial charge in [-0.3, -0.25) is 4.79 Å². The lowest BCUT2D eigenvalue weighted by atomic mass is 9.88. The van der Waals surface area contributed by atoms with Gasteiger partial charge in [-0.05, 0) is 48.2 Å². The number of aromatic carboxylic acids is 1. The van der Waals surface area contributed by atoms with E-state index in [1.54, 1.807) is 24.3 Å². The first kappa shape index (κ1) is 16.2. The first-order chi connectivity index (χ1) is 11.6. The molecule has 0 bridgehead atoms. The third kappa shape index (κ3) is 3.82. The van der Waals surface area contributed by atoms with Gasteiger partial charge < -0.3 is 10.4 Å². The van der Waals surface area contributed by atoms with Gasteiger partial charge in [-0.25, -0.2) is 4.79 Å². The minimum atomic E-state index is -0.935. The van der Waals surface area contributed by atoms with Crippen LogP contribution in [0.15, 0.2) is 48.5 Å². The van der Waals surface area contributed by atoms with Crippen LogP contribution < -0.4 is 5.32 Å². The van der Waals surface area contributed by atoms with Gasteiger partial charge in [0.2, 0.25) is 5.91 Å². The Kier molecular flexibility index (Phi) is 4.94. The van der Waals surface area contributed by atoms with Crippen molar-refractivity contribution in [2.45, 2.75) is 32.1 Å². The maximum absolute atomic E-state index is 12.4. The van der Waals surface area contributed by atoms with Crippen molar-refractivity contribution in [3.05, 3.63) is 54.1 Å². The number of hydrogen-bond donors (Lipinski definition) is 2. The van der Waals surface area contributed by atoms with Gasteiger partial charge in [0.05, 0.1) is 5.56 Å². The van der Waals surface area contributed by atoms with Crippen molar-refractivity contribution >= 4 is 17.6 Å². The SMILES string of the molecule is O=C(O)c1ccc(-c2cccc(NC(=O)C3CCCCC3)c2)cc1. The summed E-state index contributed by atoms with van der Waals surface area (Å²) in [7, 11) is 0. The second kappa shape index (κ2) is 7.30. The van der Waals surface area contributed by atoms with Crippen molar-refractivity contribution in [3.8, 4) is 11.1 Å². The number of carbonyl (C=O) groups is 2. The predicted molar refractivity (Wildman–Crippen MR) is 94.0 cm³/mol. The fourth-order valence-corrected chi connectivity index (χ4v) is 3.19. The molecule has 1 aliphatic carbocycles. The molecule has 2 aromatic carbocycles. The average Bonchev–Trinajstić information content (AvgIpc) is 2.63. The van der Waals surface area contributed by atoms with Gasteiger partial charge in [-0.15, -0.1) is 0 Å². The van der Waals surface area contributed by atoms with E-state index in [2.05, 4.69) is 5.32 Å². The van der Waals surface area contributed by atoms with E-state index >= 15 is 0 Å². The molecule has 0 heterocycles. The molecule has 1 saturated carbocycles. The number of hydrogen-bond acceptors (Lipinski definition) is 2. The summed E-state index contributed by atoms with van der Waals surface area (Å²) in [6, 6.07) is 14.4. The van der Waals surface area contributed by atoms with Crippen LogP contribution in [0.5, 0.6) is 0 Å². The zero-order chi connectivity index (χ0) is 16.9. The van der Waals surface area contributed by atoms with Crippen LogP contribution in [0.4, 0.5) is 5.69 Å². The summed E-state index contributed by atoms with van der Waals surface area (Å²) in [4.78, 5) is 23.3. The maximum atomic E-state index is 12.4. The maximum Gasteiger partial charge on any atom is 0.335 e. The highest BCUT2D eigenvalue weighted by Gasteiger charge is 2.21. The molecule has 1 amide bonds. The molecule has 4 heteroatoms. The molecule has 2 aromatic rings. The van der Waals surface area contributed by atoms with Crippen molar-refractivity contribution in [2.24, 2.45) is 5.92 Å². The number of carboxylic acid groups (broad SMARTS) is 1. The highest BCUT2D eigenvalue weighted by atomic mass is 16.4. The summed E-state index contributed by atoms with van der Waals surface area (Å²) in [6.07, 6.45) is 5.44. The molecule has 1 fully saturated rings. The van der Waals surface area contributed by atoms with Crippen molar-refractivity contribution in [1.29, 1.82) is 0 Å². The third-order valence-electron chi connectivity index (χ3n) is 4.57. The summed E-state index contributed by atoms with van der Waals surface area (Å²) in [5.41, 5.74) is 2.92. The Labute approximate surface area is 141 Å². The zero-order valence-corrected chi connectivity index (χ0v) is 13.5. The molecule has 1 aliphatic rings. The Balaban J connectivity index is 1.73. The van der Waals surface area contributed by atoms with Gasteiger partial charge in [0.25, 0.3) is 0 Å². The first-order valence-corrected chi connectivity index (χ1v) is 8.38. The van der Waals surface area contributed by atoms with Gasteiger partial charge in [-0.1, -0.05) is 43.5 Å². The summed E-state index contributed by atoms with van der Waals surface area (Å²) in [6.45, 7) is 0. The lowest BCUT2D eigenvalue weighted by molar-refractivity contribution is -0.120. The lowest BCUT2D eigenvalue weighted by Crippen LogP contribution is -2.24. The predicted octanol–water partition coefficient (Wildman–Crippen LogP) is 4.57. The largest absolute Gasteiger partial charge is 0.478 e. The third-order valence-corrected chi connectivity index (χ3v) is 4.57. The van der Waals surface area contributed by atoms with E-state index in [9.17, 15) is 9.59 Å². The molecule has 0 spiro atoms. The van der Waals surface area contributed by atoms with Crippen LogP contribution in [0.25, 0.3) is 11.1 Å². The van der Waals surface area contributed by atoms with E-state index in [0.717, 1.165) is 42.5 Å².